The molecule has 4 nitrogen and oxygen atoms in total. The van der Waals surface area contributed by atoms with E-state index in [1.165, 1.54) is 0 Å². The van der Waals surface area contributed by atoms with Gasteiger partial charge in [-0.05, 0) is 23.3 Å². The Balaban J connectivity index is 2.10. The Morgan fingerprint density at radius 1 is 1.10 bits per heavy atom. The molecular weight excluding hydrogens is 288 g/mol. The van der Waals surface area contributed by atoms with Crippen LogP contribution in [0.15, 0.2) is 54.6 Å². The third-order valence-corrected chi connectivity index (χ3v) is 3.23. The van der Waals surface area contributed by atoms with E-state index in [-0.39, 0.29) is 0 Å². The number of amides is 1. The number of carbonyl (C=O) groups excluding carboxylic acids is 1. The Hall–Kier alpha value is -2.35. The normalized spacial score (nSPS) is 13.0. The molecule has 0 aliphatic carbocycles. The summed E-state index contributed by atoms with van der Waals surface area (Å²) in [5, 5.41) is 22.2. The molecule has 0 heterocycles. The van der Waals surface area contributed by atoms with E-state index in [2.05, 4.69) is 5.32 Å². The van der Waals surface area contributed by atoms with Crippen LogP contribution in [0, 0.1) is 11.3 Å². The second-order valence-electron chi connectivity index (χ2n) is 4.44. The van der Waals surface area contributed by atoms with E-state index in [1.54, 1.807) is 54.6 Å². The summed E-state index contributed by atoms with van der Waals surface area (Å²) < 4.78 is 0. The molecule has 5 heteroatoms. The first-order valence-corrected chi connectivity index (χ1v) is 6.68. The second-order valence-corrected chi connectivity index (χ2v) is 4.87. The first-order valence-electron chi connectivity index (χ1n) is 6.30. The molecule has 0 spiro atoms. The number of hydrogen-bond donors (Lipinski definition) is 2. The summed E-state index contributed by atoms with van der Waals surface area (Å²) in [6.07, 6.45) is -1.31. The van der Waals surface area contributed by atoms with Crippen LogP contribution in [0.4, 0.5) is 0 Å². The fourth-order valence-electron chi connectivity index (χ4n) is 1.85. The Bertz CT molecular complexity index is 650. The molecule has 0 aliphatic rings. The Labute approximate surface area is 127 Å². The molecule has 0 unspecified atom stereocenters. The van der Waals surface area contributed by atoms with Crippen molar-refractivity contribution in [2.45, 2.75) is 12.1 Å². The van der Waals surface area contributed by atoms with Gasteiger partial charge in [0.25, 0.3) is 5.91 Å². The summed E-state index contributed by atoms with van der Waals surface area (Å²) in [5.74, 6) is -0.622. The van der Waals surface area contributed by atoms with Gasteiger partial charge in [-0.2, -0.15) is 5.26 Å². The molecule has 2 aromatic rings. The van der Waals surface area contributed by atoms with Crippen LogP contribution in [0.2, 0.25) is 5.02 Å². The van der Waals surface area contributed by atoms with Crippen LogP contribution in [0.3, 0.4) is 0 Å². The van der Waals surface area contributed by atoms with Crippen molar-refractivity contribution in [3.8, 4) is 6.07 Å². The number of nitrogens with one attached hydrogen (secondary N) is 1. The quantitative estimate of drug-likeness (QED) is 0.912. The average Bonchev–Trinajstić information content (AvgIpc) is 2.53. The maximum absolute atomic E-state index is 12.0. The van der Waals surface area contributed by atoms with Gasteiger partial charge in [0, 0.05) is 5.02 Å². The van der Waals surface area contributed by atoms with Crippen molar-refractivity contribution < 1.29 is 9.90 Å². The van der Waals surface area contributed by atoms with E-state index in [9.17, 15) is 15.2 Å². The molecule has 0 saturated carbocycles. The van der Waals surface area contributed by atoms with Gasteiger partial charge in [-0.1, -0.05) is 54.1 Å². The monoisotopic (exact) mass is 300 g/mol. The van der Waals surface area contributed by atoms with Crippen LogP contribution in [0.25, 0.3) is 0 Å². The predicted octanol–water partition coefficient (Wildman–Crippen LogP) is 2.75. The van der Waals surface area contributed by atoms with Crippen LogP contribution in [-0.4, -0.2) is 11.0 Å². The number of aliphatic hydroxyl groups is 1. The SMILES string of the molecule is N#C[C@@H](NC(=O)[C@@H](O)c1ccccc1)c1ccc(Cl)cc1. The molecule has 0 aromatic heterocycles. The van der Waals surface area contributed by atoms with Crippen molar-refractivity contribution in [3.05, 3.63) is 70.7 Å². The zero-order chi connectivity index (χ0) is 15.2. The van der Waals surface area contributed by atoms with Gasteiger partial charge in [-0.25, -0.2) is 0 Å². The van der Waals surface area contributed by atoms with Crippen molar-refractivity contribution in [2.75, 3.05) is 0 Å². The van der Waals surface area contributed by atoms with Gasteiger partial charge < -0.3 is 10.4 Å². The molecule has 0 bridgehead atoms. The number of carbonyl (C=O) groups is 1. The fraction of sp³-hybridized carbons (Fsp3) is 0.125. The van der Waals surface area contributed by atoms with E-state index in [0.29, 0.717) is 16.1 Å². The summed E-state index contributed by atoms with van der Waals surface area (Å²) in [7, 11) is 0. The Morgan fingerprint density at radius 2 is 1.71 bits per heavy atom. The van der Waals surface area contributed by atoms with E-state index in [4.69, 9.17) is 11.6 Å². The molecule has 0 saturated heterocycles. The zero-order valence-corrected chi connectivity index (χ0v) is 11.8. The molecule has 0 aliphatic heterocycles. The van der Waals surface area contributed by atoms with Gasteiger partial charge in [0.15, 0.2) is 6.10 Å². The smallest absolute Gasteiger partial charge is 0.254 e. The average molecular weight is 301 g/mol. The van der Waals surface area contributed by atoms with Gasteiger partial charge in [0.1, 0.15) is 6.04 Å². The van der Waals surface area contributed by atoms with Crippen molar-refractivity contribution >= 4 is 17.5 Å². The predicted molar refractivity (Wildman–Crippen MR) is 79.4 cm³/mol. The molecule has 2 atom stereocenters. The highest BCUT2D eigenvalue weighted by atomic mass is 35.5. The lowest BCUT2D eigenvalue weighted by Gasteiger charge is -2.15. The number of aliphatic hydroxyl groups excluding tert-OH is 1. The number of benzene rings is 2. The molecule has 2 aromatic carbocycles. The van der Waals surface area contributed by atoms with Crippen molar-refractivity contribution in [3.63, 3.8) is 0 Å². The van der Waals surface area contributed by atoms with Crippen molar-refractivity contribution in [2.24, 2.45) is 0 Å². The number of rotatable bonds is 4. The summed E-state index contributed by atoms with van der Waals surface area (Å²) in [6.45, 7) is 0. The standard InChI is InChI=1S/C16H13ClN2O2/c17-13-8-6-11(7-9-13)14(10-18)19-16(21)15(20)12-4-2-1-3-5-12/h1-9,14-15,20H,(H,19,21)/t14-,15+/m1/s1. The number of hydrogen-bond acceptors (Lipinski definition) is 3. The van der Waals surface area contributed by atoms with Gasteiger partial charge in [-0.3, -0.25) is 4.79 Å². The maximum Gasteiger partial charge on any atom is 0.254 e. The Kier molecular flexibility index (Phi) is 4.94. The molecule has 106 valence electrons. The van der Waals surface area contributed by atoms with Crippen LogP contribution >= 0.6 is 11.6 Å². The van der Waals surface area contributed by atoms with Crippen LogP contribution < -0.4 is 5.32 Å². The summed E-state index contributed by atoms with van der Waals surface area (Å²) in [5.41, 5.74) is 1.08. The lowest BCUT2D eigenvalue weighted by molar-refractivity contribution is -0.130. The van der Waals surface area contributed by atoms with Crippen LogP contribution in [0.1, 0.15) is 23.3 Å². The minimum absolute atomic E-state index is 0.475. The molecule has 2 N–H and O–H groups in total. The third kappa shape index (κ3) is 3.82. The maximum atomic E-state index is 12.0. The Morgan fingerprint density at radius 3 is 2.29 bits per heavy atom. The molecule has 0 fully saturated rings. The molecule has 2 rings (SSSR count). The highest BCUT2D eigenvalue weighted by molar-refractivity contribution is 6.30. The van der Waals surface area contributed by atoms with Gasteiger partial charge in [-0.15, -0.1) is 0 Å². The third-order valence-electron chi connectivity index (χ3n) is 2.98. The topological polar surface area (TPSA) is 73.1 Å². The fourth-order valence-corrected chi connectivity index (χ4v) is 1.98. The molecule has 0 radical (unpaired) electrons. The van der Waals surface area contributed by atoms with Gasteiger partial charge in [0.2, 0.25) is 0 Å². The molecular formula is C16H13ClN2O2. The van der Waals surface area contributed by atoms with Crippen molar-refractivity contribution in [1.82, 2.24) is 5.32 Å². The summed E-state index contributed by atoms with van der Waals surface area (Å²) in [4.78, 5) is 12.0. The highest BCUT2D eigenvalue weighted by Gasteiger charge is 2.21. The molecule has 1 amide bonds. The summed E-state index contributed by atoms with van der Waals surface area (Å²) in [6, 6.07) is 16.3. The largest absolute Gasteiger partial charge is 0.378 e. The van der Waals surface area contributed by atoms with Crippen molar-refractivity contribution in [1.29, 1.82) is 5.26 Å². The number of nitrogens with zero attached hydrogens (tertiary/aromatic N) is 1. The molecule has 21 heavy (non-hydrogen) atoms. The lowest BCUT2D eigenvalue weighted by atomic mass is 10.1. The second kappa shape index (κ2) is 6.89. The minimum atomic E-state index is -1.31. The highest BCUT2D eigenvalue weighted by Crippen LogP contribution is 2.18. The number of nitriles is 1. The zero-order valence-electron chi connectivity index (χ0n) is 11.0. The number of halogens is 1. The van der Waals surface area contributed by atoms with E-state index < -0.39 is 18.1 Å². The lowest BCUT2D eigenvalue weighted by Crippen LogP contribution is -2.32. The van der Waals surface area contributed by atoms with Crippen LogP contribution in [-0.2, 0) is 4.79 Å². The van der Waals surface area contributed by atoms with E-state index >= 15 is 0 Å². The van der Waals surface area contributed by atoms with E-state index in [1.807, 2.05) is 6.07 Å². The first-order chi connectivity index (χ1) is 10.1. The first kappa shape index (κ1) is 15.0. The van der Waals surface area contributed by atoms with Gasteiger partial charge in [0.05, 0.1) is 6.07 Å². The van der Waals surface area contributed by atoms with E-state index in [0.717, 1.165) is 0 Å². The summed E-state index contributed by atoms with van der Waals surface area (Å²) >= 11 is 5.79. The van der Waals surface area contributed by atoms with Crippen LogP contribution in [0.5, 0.6) is 0 Å². The van der Waals surface area contributed by atoms with Gasteiger partial charge >= 0.3 is 0 Å². The minimum Gasteiger partial charge on any atom is -0.378 e.